The van der Waals surface area contributed by atoms with Crippen LogP contribution < -0.4 is 0 Å². The minimum absolute atomic E-state index is 0.0523. The Hall–Kier alpha value is -1.19. The van der Waals surface area contributed by atoms with Crippen molar-refractivity contribution in [1.82, 2.24) is 0 Å². The first-order valence-electron chi connectivity index (χ1n) is 6.33. The van der Waals surface area contributed by atoms with E-state index in [0.717, 1.165) is 27.8 Å². The zero-order valence-electron chi connectivity index (χ0n) is 11.5. The van der Waals surface area contributed by atoms with E-state index >= 15 is 0 Å². The lowest BCUT2D eigenvalue weighted by Crippen LogP contribution is -2.36. The van der Waals surface area contributed by atoms with Crippen LogP contribution >= 0.6 is 0 Å². The van der Waals surface area contributed by atoms with Crippen molar-refractivity contribution in [1.29, 1.82) is 0 Å². The van der Waals surface area contributed by atoms with Crippen LogP contribution in [-0.2, 0) is 9.47 Å². The fraction of sp³-hybridized carbons (Fsp3) is 0.533. The summed E-state index contributed by atoms with van der Waals surface area (Å²) in [5.74, 6) is 0.0523. The van der Waals surface area contributed by atoms with Gasteiger partial charge in [-0.1, -0.05) is 6.07 Å². The third-order valence-electron chi connectivity index (χ3n) is 3.72. The van der Waals surface area contributed by atoms with E-state index in [2.05, 4.69) is 6.07 Å². The molecule has 1 aromatic rings. The summed E-state index contributed by atoms with van der Waals surface area (Å²) in [5.41, 5.74) is 5.22. The maximum atomic E-state index is 12.5. The van der Waals surface area contributed by atoms with Crippen LogP contribution in [0.2, 0.25) is 0 Å². The highest BCUT2D eigenvalue weighted by Gasteiger charge is 2.27. The molecule has 0 aromatic heterocycles. The number of ketones is 1. The Morgan fingerprint density at radius 1 is 1.11 bits per heavy atom. The second kappa shape index (κ2) is 5.21. The van der Waals surface area contributed by atoms with Crippen molar-refractivity contribution >= 4 is 5.78 Å². The van der Waals surface area contributed by atoms with Gasteiger partial charge in [-0.25, -0.2) is 0 Å². The number of hydrogen-bond donors (Lipinski definition) is 0. The molecule has 3 heteroatoms. The quantitative estimate of drug-likeness (QED) is 0.754. The van der Waals surface area contributed by atoms with Gasteiger partial charge in [-0.3, -0.25) is 4.79 Å². The summed E-state index contributed by atoms with van der Waals surface area (Å²) in [4.78, 5) is 12.5. The second-order valence-corrected chi connectivity index (χ2v) is 4.93. The predicted molar refractivity (Wildman–Crippen MR) is 70.3 cm³/mol. The number of hydrogen-bond acceptors (Lipinski definition) is 3. The number of carbonyl (C=O) groups excluding carboxylic acids is 1. The summed E-state index contributed by atoms with van der Waals surface area (Å²) in [5, 5.41) is 0. The number of benzene rings is 1. The van der Waals surface area contributed by atoms with Gasteiger partial charge in [-0.05, 0) is 49.9 Å². The van der Waals surface area contributed by atoms with E-state index in [1.165, 1.54) is 0 Å². The largest absolute Gasteiger partial charge is 0.376 e. The molecule has 3 nitrogen and oxygen atoms in total. The molecule has 1 unspecified atom stereocenters. The molecule has 98 valence electrons. The van der Waals surface area contributed by atoms with E-state index in [9.17, 15) is 4.79 Å². The molecule has 2 rings (SSSR count). The van der Waals surface area contributed by atoms with Gasteiger partial charge >= 0.3 is 0 Å². The molecule has 0 N–H and O–H groups in total. The van der Waals surface area contributed by atoms with Crippen molar-refractivity contribution in [2.75, 3.05) is 19.8 Å². The molecule has 0 spiro atoms. The van der Waals surface area contributed by atoms with Gasteiger partial charge in [-0.2, -0.15) is 0 Å². The van der Waals surface area contributed by atoms with Gasteiger partial charge in [0.15, 0.2) is 5.78 Å². The Morgan fingerprint density at radius 2 is 1.72 bits per heavy atom. The van der Waals surface area contributed by atoms with Crippen molar-refractivity contribution in [3.8, 4) is 0 Å². The Bertz CT molecular complexity index is 445. The number of rotatable bonds is 2. The average molecular weight is 248 g/mol. The van der Waals surface area contributed by atoms with Crippen LogP contribution in [0.3, 0.4) is 0 Å². The van der Waals surface area contributed by atoms with Crippen LogP contribution in [0.4, 0.5) is 0 Å². The van der Waals surface area contributed by atoms with E-state index in [1.807, 2.05) is 27.7 Å². The van der Waals surface area contributed by atoms with Gasteiger partial charge in [0, 0.05) is 5.56 Å². The number of Topliss-reactive ketones (excluding diaryl/α,β-unsaturated/α-hetero) is 1. The normalized spacial score (nSPS) is 19.9. The second-order valence-electron chi connectivity index (χ2n) is 4.93. The molecule has 1 aromatic carbocycles. The van der Waals surface area contributed by atoms with Gasteiger partial charge in [0.25, 0.3) is 0 Å². The summed E-state index contributed by atoms with van der Waals surface area (Å²) in [6, 6.07) is 2.12. The molecule has 0 amide bonds. The molecule has 0 radical (unpaired) electrons. The standard InChI is InChI=1S/C15H20O3/c1-9-7-10(2)12(4)14(11(9)3)15(16)13-8-17-5-6-18-13/h7,13H,5-6,8H2,1-4H3. The monoisotopic (exact) mass is 248 g/mol. The molecule has 0 saturated carbocycles. The summed E-state index contributed by atoms with van der Waals surface area (Å²) >= 11 is 0. The summed E-state index contributed by atoms with van der Waals surface area (Å²) < 4.78 is 10.8. The first kappa shape index (κ1) is 13.2. The molecule has 1 fully saturated rings. The lowest BCUT2D eigenvalue weighted by Gasteiger charge is -2.24. The van der Waals surface area contributed by atoms with Crippen molar-refractivity contribution in [3.05, 3.63) is 33.9 Å². The molecule has 18 heavy (non-hydrogen) atoms. The van der Waals surface area contributed by atoms with Gasteiger partial charge in [0.2, 0.25) is 0 Å². The molecule has 0 aliphatic carbocycles. The average Bonchev–Trinajstić information content (AvgIpc) is 2.37. The third kappa shape index (κ3) is 2.33. The van der Waals surface area contributed by atoms with E-state index in [4.69, 9.17) is 9.47 Å². The number of carbonyl (C=O) groups is 1. The molecular weight excluding hydrogens is 228 g/mol. The highest BCUT2D eigenvalue weighted by atomic mass is 16.6. The van der Waals surface area contributed by atoms with E-state index in [-0.39, 0.29) is 5.78 Å². The van der Waals surface area contributed by atoms with Crippen LogP contribution in [0.25, 0.3) is 0 Å². The van der Waals surface area contributed by atoms with Crippen LogP contribution in [-0.4, -0.2) is 31.7 Å². The maximum absolute atomic E-state index is 12.5. The smallest absolute Gasteiger partial charge is 0.194 e. The van der Waals surface area contributed by atoms with Gasteiger partial charge in [-0.15, -0.1) is 0 Å². The highest BCUT2D eigenvalue weighted by Crippen LogP contribution is 2.24. The van der Waals surface area contributed by atoms with Crippen molar-refractivity contribution in [2.24, 2.45) is 0 Å². The molecule has 1 atom stereocenters. The maximum Gasteiger partial charge on any atom is 0.194 e. The van der Waals surface area contributed by atoms with Crippen molar-refractivity contribution in [2.45, 2.75) is 33.8 Å². The highest BCUT2D eigenvalue weighted by molar-refractivity contribution is 6.02. The van der Waals surface area contributed by atoms with Crippen LogP contribution in [0.1, 0.15) is 32.6 Å². The van der Waals surface area contributed by atoms with E-state index in [1.54, 1.807) is 0 Å². The Balaban J connectivity index is 2.40. The van der Waals surface area contributed by atoms with Gasteiger partial charge in [0.1, 0.15) is 6.10 Å². The molecular formula is C15H20O3. The minimum atomic E-state index is -0.447. The molecule has 1 aliphatic heterocycles. The minimum Gasteiger partial charge on any atom is -0.376 e. The topological polar surface area (TPSA) is 35.5 Å². The summed E-state index contributed by atoms with van der Waals surface area (Å²) in [7, 11) is 0. The third-order valence-corrected chi connectivity index (χ3v) is 3.72. The first-order chi connectivity index (χ1) is 8.52. The molecule has 1 aliphatic rings. The van der Waals surface area contributed by atoms with Crippen LogP contribution in [0, 0.1) is 27.7 Å². The molecule has 1 saturated heterocycles. The molecule has 0 bridgehead atoms. The van der Waals surface area contributed by atoms with Crippen molar-refractivity contribution < 1.29 is 14.3 Å². The lowest BCUT2D eigenvalue weighted by atomic mass is 9.90. The summed E-state index contributed by atoms with van der Waals surface area (Å²) in [6.07, 6.45) is -0.447. The zero-order chi connectivity index (χ0) is 13.3. The van der Waals surface area contributed by atoms with Crippen molar-refractivity contribution in [3.63, 3.8) is 0 Å². The SMILES string of the molecule is Cc1cc(C)c(C)c(C(=O)C2COCCO2)c1C. The fourth-order valence-corrected chi connectivity index (χ4v) is 2.39. The van der Waals surface area contributed by atoms with E-state index < -0.39 is 6.10 Å². The predicted octanol–water partition coefficient (Wildman–Crippen LogP) is 2.52. The Kier molecular flexibility index (Phi) is 3.83. The Labute approximate surface area is 108 Å². The number of aryl methyl sites for hydroxylation is 2. The lowest BCUT2D eigenvalue weighted by molar-refractivity contribution is -0.0719. The van der Waals surface area contributed by atoms with Gasteiger partial charge < -0.3 is 9.47 Å². The summed E-state index contributed by atoms with van der Waals surface area (Å²) in [6.45, 7) is 9.52. The number of ether oxygens (including phenoxy) is 2. The van der Waals surface area contributed by atoms with E-state index in [0.29, 0.717) is 19.8 Å². The van der Waals surface area contributed by atoms with Crippen LogP contribution in [0.15, 0.2) is 6.07 Å². The zero-order valence-corrected chi connectivity index (χ0v) is 11.5. The van der Waals surface area contributed by atoms with Crippen LogP contribution in [0.5, 0.6) is 0 Å². The fourth-order valence-electron chi connectivity index (χ4n) is 2.39. The molecule has 1 heterocycles. The Morgan fingerprint density at radius 3 is 2.22 bits per heavy atom. The first-order valence-corrected chi connectivity index (χ1v) is 6.33. The van der Waals surface area contributed by atoms with Gasteiger partial charge in [0.05, 0.1) is 19.8 Å².